The molecule has 1 heterocycles. The van der Waals surface area contributed by atoms with Crippen molar-refractivity contribution in [3.63, 3.8) is 0 Å². The number of carbonyl (C=O) groups is 3. The minimum Gasteiger partial charge on any atom is -0.480 e. The average Bonchev–Trinajstić information content (AvgIpc) is 3.08. The van der Waals surface area contributed by atoms with Gasteiger partial charge in [0, 0.05) is 35.5 Å². The van der Waals surface area contributed by atoms with E-state index in [-0.39, 0.29) is 11.8 Å². The largest absolute Gasteiger partial charge is 0.480 e. The second-order valence-corrected chi connectivity index (χ2v) is 13.1. The zero-order valence-electron chi connectivity index (χ0n) is 27.8. The Hall–Kier alpha value is -5.63. The lowest BCUT2D eigenvalue weighted by Crippen LogP contribution is -2.51. The number of aromatic nitrogens is 2. The van der Waals surface area contributed by atoms with Crippen molar-refractivity contribution >= 4 is 17.8 Å². The van der Waals surface area contributed by atoms with Gasteiger partial charge in [0.2, 0.25) is 5.91 Å². The van der Waals surface area contributed by atoms with Crippen molar-refractivity contribution in [1.82, 2.24) is 20.6 Å². The first kappa shape index (κ1) is 33.7. The SMILES string of the molecule is Cc1ccc(-c2ccc(-c3cnc(-c4ccc(C[C@H](NC(=O)c5ccc(C(C)(C)C)cc5)C(=O)N[C@H](C)C(=O)O)cc4)nc3)cc2)cc1. The third-order valence-corrected chi connectivity index (χ3v) is 8.27. The van der Waals surface area contributed by atoms with E-state index in [1.54, 1.807) is 24.5 Å². The van der Waals surface area contributed by atoms with Crippen molar-refractivity contribution < 1.29 is 19.5 Å². The summed E-state index contributed by atoms with van der Waals surface area (Å²) >= 11 is 0. The summed E-state index contributed by atoms with van der Waals surface area (Å²) in [7, 11) is 0. The summed E-state index contributed by atoms with van der Waals surface area (Å²) < 4.78 is 0. The fraction of sp³-hybridized carbons (Fsp3) is 0.225. The van der Waals surface area contributed by atoms with Gasteiger partial charge >= 0.3 is 5.97 Å². The molecule has 0 bridgehead atoms. The van der Waals surface area contributed by atoms with Crippen molar-refractivity contribution in [3.8, 4) is 33.6 Å². The van der Waals surface area contributed by atoms with Crippen LogP contribution in [0.2, 0.25) is 0 Å². The maximum Gasteiger partial charge on any atom is 0.325 e. The maximum atomic E-state index is 13.2. The lowest BCUT2D eigenvalue weighted by atomic mass is 9.86. The Morgan fingerprint density at radius 3 is 1.71 bits per heavy atom. The van der Waals surface area contributed by atoms with Crippen LogP contribution in [0.3, 0.4) is 0 Å². The quantitative estimate of drug-likeness (QED) is 0.151. The first-order valence-corrected chi connectivity index (χ1v) is 15.9. The Bertz CT molecular complexity index is 1880. The number of carboxylic acids is 1. The van der Waals surface area contributed by atoms with E-state index in [1.165, 1.54) is 12.5 Å². The molecule has 4 aromatic carbocycles. The summed E-state index contributed by atoms with van der Waals surface area (Å²) in [4.78, 5) is 46.9. The third kappa shape index (κ3) is 8.39. The smallest absolute Gasteiger partial charge is 0.325 e. The third-order valence-electron chi connectivity index (χ3n) is 8.27. The number of nitrogens with zero attached hydrogens (tertiary/aromatic N) is 2. The molecule has 48 heavy (non-hydrogen) atoms. The van der Waals surface area contributed by atoms with Crippen LogP contribution in [0.15, 0.2) is 109 Å². The van der Waals surface area contributed by atoms with Crippen molar-refractivity contribution in [2.45, 2.75) is 58.5 Å². The molecule has 0 aliphatic carbocycles. The lowest BCUT2D eigenvalue weighted by molar-refractivity contribution is -0.141. The molecule has 8 heteroatoms. The molecular weight excluding hydrogens is 600 g/mol. The number of hydrogen-bond acceptors (Lipinski definition) is 5. The number of carboxylic acid groups (broad SMARTS) is 1. The highest BCUT2D eigenvalue weighted by atomic mass is 16.4. The molecular formula is C40H40N4O4. The zero-order valence-corrected chi connectivity index (χ0v) is 27.8. The summed E-state index contributed by atoms with van der Waals surface area (Å²) in [5, 5.41) is 14.6. The minimum absolute atomic E-state index is 0.0713. The maximum absolute atomic E-state index is 13.2. The number of aliphatic carboxylic acids is 1. The Morgan fingerprint density at radius 2 is 1.19 bits per heavy atom. The normalized spacial score (nSPS) is 12.5. The van der Waals surface area contributed by atoms with Crippen LogP contribution < -0.4 is 10.6 Å². The highest BCUT2D eigenvalue weighted by molar-refractivity contribution is 5.98. The van der Waals surface area contributed by atoms with Gasteiger partial charge in [0.05, 0.1) is 0 Å². The number of amides is 2. The summed E-state index contributed by atoms with van der Waals surface area (Å²) in [6.07, 6.45) is 3.75. The standard InChI is InChI=1S/C40H40N4O4/c1-25-6-10-28(11-7-25)29-14-16-30(17-15-29)33-23-41-36(42-24-33)31-12-8-27(9-13-31)22-35(38(46)43-26(2)39(47)48)44-37(45)32-18-20-34(21-19-32)40(3,4)5/h6-21,23-24,26,35H,22H2,1-5H3,(H,43,46)(H,44,45)(H,47,48)/t26-,35+/m1/s1. The Balaban J connectivity index is 1.28. The van der Waals surface area contributed by atoms with Crippen LogP contribution in [0, 0.1) is 6.92 Å². The van der Waals surface area contributed by atoms with E-state index >= 15 is 0 Å². The van der Waals surface area contributed by atoms with E-state index in [9.17, 15) is 19.5 Å². The highest BCUT2D eigenvalue weighted by Crippen LogP contribution is 2.26. The van der Waals surface area contributed by atoms with Crippen molar-refractivity contribution in [1.29, 1.82) is 0 Å². The molecule has 0 radical (unpaired) electrons. The number of nitrogens with one attached hydrogen (secondary N) is 2. The number of carbonyl (C=O) groups excluding carboxylic acids is 2. The summed E-state index contributed by atoms with van der Waals surface area (Å²) in [5.74, 6) is -1.62. The number of aryl methyl sites for hydroxylation is 1. The van der Waals surface area contributed by atoms with Crippen LogP contribution in [0.4, 0.5) is 0 Å². The lowest BCUT2D eigenvalue weighted by Gasteiger charge is -2.21. The van der Waals surface area contributed by atoms with Crippen LogP contribution in [-0.2, 0) is 21.4 Å². The van der Waals surface area contributed by atoms with Gasteiger partial charge < -0.3 is 15.7 Å². The minimum atomic E-state index is -1.17. The van der Waals surface area contributed by atoms with Crippen molar-refractivity contribution in [3.05, 3.63) is 132 Å². The predicted octanol–water partition coefficient (Wildman–Crippen LogP) is 7.01. The van der Waals surface area contributed by atoms with Gasteiger partial charge in [-0.25, -0.2) is 9.97 Å². The molecule has 2 amide bonds. The van der Waals surface area contributed by atoms with Gasteiger partial charge in [-0.2, -0.15) is 0 Å². The van der Waals surface area contributed by atoms with Gasteiger partial charge in [0.15, 0.2) is 5.82 Å². The monoisotopic (exact) mass is 640 g/mol. The van der Waals surface area contributed by atoms with E-state index in [1.807, 2.05) is 36.4 Å². The van der Waals surface area contributed by atoms with E-state index in [4.69, 9.17) is 0 Å². The second-order valence-electron chi connectivity index (χ2n) is 13.1. The van der Waals surface area contributed by atoms with E-state index in [2.05, 4.69) is 96.8 Å². The molecule has 0 unspecified atom stereocenters. The number of rotatable bonds is 10. The van der Waals surface area contributed by atoms with Crippen LogP contribution in [0.1, 0.15) is 54.7 Å². The Morgan fingerprint density at radius 1 is 0.688 bits per heavy atom. The van der Waals surface area contributed by atoms with Crippen LogP contribution >= 0.6 is 0 Å². The summed E-state index contributed by atoms with van der Waals surface area (Å²) in [6.45, 7) is 9.72. The summed E-state index contributed by atoms with van der Waals surface area (Å²) in [5.41, 5.74) is 8.43. The van der Waals surface area contributed by atoms with Crippen molar-refractivity contribution in [2.75, 3.05) is 0 Å². The molecule has 5 rings (SSSR count). The fourth-order valence-electron chi connectivity index (χ4n) is 5.20. The average molecular weight is 641 g/mol. The number of hydrogen-bond donors (Lipinski definition) is 3. The molecule has 0 aliphatic rings. The molecule has 3 N–H and O–H groups in total. The second kappa shape index (κ2) is 14.4. The molecule has 1 aromatic heterocycles. The fourth-order valence-corrected chi connectivity index (χ4v) is 5.20. The van der Waals surface area contributed by atoms with Gasteiger partial charge in [-0.1, -0.05) is 111 Å². The van der Waals surface area contributed by atoms with Gasteiger partial charge in [-0.05, 0) is 59.2 Å². The summed E-state index contributed by atoms with van der Waals surface area (Å²) in [6, 6.07) is 29.3. The van der Waals surface area contributed by atoms with Gasteiger partial charge in [0.25, 0.3) is 5.91 Å². The zero-order chi connectivity index (χ0) is 34.4. The first-order chi connectivity index (χ1) is 22.9. The molecule has 0 spiro atoms. The number of benzene rings is 4. The van der Waals surface area contributed by atoms with E-state index in [0.29, 0.717) is 11.4 Å². The molecule has 0 aliphatic heterocycles. The van der Waals surface area contributed by atoms with Crippen LogP contribution in [-0.4, -0.2) is 44.9 Å². The predicted molar refractivity (Wildman–Crippen MR) is 188 cm³/mol. The highest BCUT2D eigenvalue weighted by Gasteiger charge is 2.25. The van der Waals surface area contributed by atoms with Crippen LogP contribution in [0.25, 0.3) is 33.6 Å². The molecule has 5 aromatic rings. The molecule has 8 nitrogen and oxygen atoms in total. The molecule has 0 saturated carbocycles. The first-order valence-electron chi connectivity index (χ1n) is 15.9. The van der Waals surface area contributed by atoms with Gasteiger partial charge in [-0.15, -0.1) is 0 Å². The molecule has 0 saturated heterocycles. The topological polar surface area (TPSA) is 121 Å². The Kier molecular flexibility index (Phi) is 10.1. The van der Waals surface area contributed by atoms with Crippen LogP contribution in [0.5, 0.6) is 0 Å². The van der Waals surface area contributed by atoms with Gasteiger partial charge in [-0.3, -0.25) is 14.4 Å². The molecule has 2 atom stereocenters. The molecule has 0 fully saturated rings. The molecule has 244 valence electrons. The van der Waals surface area contributed by atoms with E-state index in [0.717, 1.165) is 38.9 Å². The van der Waals surface area contributed by atoms with Crippen molar-refractivity contribution in [2.24, 2.45) is 0 Å². The van der Waals surface area contributed by atoms with E-state index < -0.39 is 29.9 Å². The Labute approximate surface area is 281 Å². The van der Waals surface area contributed by atoms with Gasteiger partial charge in [0.1, 0.15) is 12.1 Å².